The molecular formula is C14H14FNO2. The molecule has 0 radical (unpaired) electrons. The second-order valence-electron chi connectivity index (χ2n) is 4.05. The lowest BCUT2D eigenvalue weighted by atomic mass is 10.2. The summed E-state index contributed by atoms with van der Waals surface area (Å²) >= 11 is 0. The van der Waals surface area contributed by atoms with Gasteiger partial charge in [-0.2, -0.15) is 0 Å². The fourth-order valence-corrected chi connectivity index (χ4v) is 1.81. The van der Waals surface area contributed by atoms with Crippen LogP contribution in [0.15, 0.2) is 42.1 Å². The van der Waals surface area contributed by atoms with Gasteiger partial charge in [-0.15, -0.1) is 0 Å². The number of carbonyl (C=O) groups excluding carboxylic acids is 1. The van der Waals surface area contributed by atoms with E-state index in [1.165, 1.54) is 19.2 Å². The van der Waals surface area contributed by atoms with Crippen molar-refractivity contribution in [1.29, 1.82) is 0 Å². The van der Waals surface area contributed by atoms with Crippen LogP contribution in [0.25, 0.3) is 10.9 Å². The number of esters is 1. The smallest absolute Gasteiger partial charge is 0.333 e. The van der Waals surface area contributed by atoms with E-state index < -0.39 is 0 Å². The largest absolute Gasteiger partial charge is 0.466 e. The van der Waals surface area contributed by atoms with Gasteiger partial charge in [0.2, 0.25) is 0 Å². The third kappa shape index (κ3) is 2.42. The van der Waals surface area contributed by atoms with Gasteiger partial charge in [0, 0.05) is 29.2 Å². The number of fused-ring (bicyclic) bond motifs is 1. The lowest BCUT2D eigenvalue weighted by molar-refractivity contribution is -0.136. The fraction of sp³-hybridized carbons (Fsp3) is 0.214. The summed E-state index contributed by atoms with van der Waals surface area (Å²) in [6.07, 6.45) is 3.65. The van der Waals surface area contributed by atoms with Crippen LogP contribution in [0.5, 0.6) is 0 Å². The molecule has 2 aromatic rings. The van der Waals surface area contributed by atoms with E-state index in [-0.39, 0.29) is 11.8 Å². The molecule has 0 saturated heterocycles. The summed E-state index contributed by atoms with van der Waals surface area (Å²) in [5, 5.41) is 0.846. The van der Waals surface area contributed by atoms with Crippen LogP contribution in [0.2, 0.25) is 0 Å². The Morgan fingerprint density at radius 1 is 1.44 bits per heavy atom. The minimum Gasteiger partial charge on any atom is -0.466 e. The average Bonchev–Trinajstić information content (AvgIpc) is 2.77. The normalized spacial score (nSPS) is 11.8. The van der Waals surface area contributed by atoms with Crippen molar-refractivity contribution in [3.8, 4) is 0 Å². The second-order valence-corrected chi connectivity index (χ2v) is 4.05. The van der Waals surface area contributed by atoms with E-state index in [2.05, 4.69) is 4.74 Å². The highest BCUT2D eigenvalue weighted by Gasteiger charge is 2.04. The van der Waals surface area contributed by atoms with Gasteiger partial charge in [-0.25, -0.2) is 9.18 Å². The van der Waals surface area contributed by atoms with E-state index in [4.69, 9.17) is 0 Å². The second kappa shape index (κ2) is 5.04. The minimum atomic E-state index is -0.336. The van der Waals surface area contributed by atoms with E-state index in [0.29, 0.717) is 12.1 Å². The zero-order valence-electron chi connectivity index (χ0n) is 10.3. The van der Waals surface area contributed by atoms with Gasteiger partial charge in [0.15, 0.2) is 0 Å². The average molecular weight is 247 g/mol. The molecule has 0 bridgehead atoms. The third-order valence-corrected chi connectivity index (χ3v) is 2.83. The summed E-state index contributed by atoms with van der Waals surface area (Å²) in [4.78, 5) is 11.2. The van der Waals surface area contributed by atoms with Crippen molar-refractivity contribution in [2.24, 2.45) is 0 Å². The van der Waals surface area contributed by atoms with Crippen molar-refractivity contribution in [2.75, 3.05) is 7.11 Å². The Kier molecular flexibility index (Phi) is 3.46. The summed E-state index contributed by atoms with van der Waals surface area (Å²) in [6, 6.07) is 6.49. The molecule has 0 saturated carbocycles. The molecule has 0 aliphatic rings. The molecular weight excluding hydrogens is 233 g/mol. The number of carbonyl (C=O) groups is 1. The predicted molar refractivity (Wildman–Crippen MR) is 67.7 cm³/mol. The van der Waals surface area contributed by atoms with E-state index in [0.717, 1.165) is 10.9 Å². The van der Waals surface area contributed by atoms with Crippen molar-refractivity contribution in [3.05, 3.63) is 47.9 Å². The Labute approximate surface area is 104 Å². The van der Waals surface area contributed by atoms with Crippen LogP contribution in [-0.2, 0) is 16.1 Å². The molecule has 4 heteroatoms. The molecule has 0 fully saturated rings. The van der Waals surface area contributed by atoms with E-state index in [9.17, 15) is 9.18 Å². The van der Waals surface area contributed by atoms with Gasteiger partial charge in [-0.05, 0) is 31.2 Å². The minimum absolute atomic E-state index is 0.249. The molecule has 1 aromatic heterocycles. The lowest BCUT2D eigenvalue weighted by Gasteiger charge is -2.03. The number of nitrogens with zero attached hydrogens (tertiary/aromatic N) is 1. The molecule has 2 rings (SSSR count). The van der Waals surface area contributed by atoms with Gasteiger partial charge in [-0.1, -0.05) is 6.08 Å². The van der Waals surface area contributed by atoms with Gasteiger partial charge < -0.3 is 9.30 Å². The van der Waals surface area contributed by atoms with E-state index in [1.54, 1.807) is 19.1 Å². The lowest BCUT2D eigenvalue weighted by Crippen LogP contribution is -2.03. The van der Waals surface area contributed by atoms with Crippen molar-refractivity contribution >= 4 is 16.9 Å². The number of halogens is 1. The van der Waals surface area contributed by atoms with Crippen LogP contribution in [0.3, 0.4) is 0 Å². The summed E-state index contributed by atoms with van der Waals surface area (Å²) < 4.78 is 19.6. The number of ether oxygens (including phenoxy) is 1. The summed E-state index contributed by atoms with van der Waals surface area (Å²) in [7, 11) is 1.35. The SMILES string of the molecule is COC(=O)C(C)=CCn1ccc2cc(F)ccc21. The number of aromatic nitrogens is 1. The van der Waals surface area contributed by atoms with Gasteiger partial charge in [0.1, 0.15) is 5.82 Å². The number of hydrogen-bond acceptors (Lipinski definition) is 2. The topological polar surface area (TPSA) is 31.2 Å². The first-order valence-corrected chi connectivity index (χ1v) is 5.61. The first-order chi connectivity index (χ1) is 8.61. The molecule has 0 atom stereocenters. The molecule has 18 heavy (non-hydrogen) atoms. The zero-order chi connectivity index (χ0) is 13.1. The molecule has 0 aliphatic carbocycles. The Bertz CT molecular complexity index is 613. The Morgan fingerprint density at radius 3 is 2.94 bits per heavy atom. The number of allylic oxidation sites excluding steroid dienone is 1. The quantitative estimate of drug-likeness (QED) is 0.617. The van der Waals surface area contributed by atoms with Crippen LogP contribution < -0.4 is 0 Å². The highest BCUT2D eigenvalue weighted by molar-refractivity contribution is 5.87. The van der Waals surface area contributed by atoms with Crippen LogP contribution in [-0.4, -0.2) is 17.6 Å². The Morgan fingerprint density at radius 2 is 2.22 bits per heavy atom. The maximum Gasteiger partial charge on any atom is 0.333 e. The monoisotopic (exact) mass is 247 g/mol. The first-order valence-electron chi connectivity index (χ1n) is 5.61. The number of methoxy groups -OCH3 is 1. The van der Waals surface area contributed by atoms with Crippen LogP contribution in [0.1, 0.15) is 6.92 Å². The number of rotatable bonds is 3. The highest BCUT2D eigenvalue weighted by atomic mass is 19.1. The summed E-state index contributed by atoms with van der Waals surface area (Å²) in [5.41, 5.74) is 1.49. The number of hydrogen-bond donors (Lipinski definition) is 0. The van der Waals surface area contributed by atoms with Crippen molar-refractivity contribution in [2.45, 2.75) is 13.5 Å². The van der Waals surface area contributed by atoms with Crippen molar-refractivity contribution < 1.29 is 13.9 Å². The van der Waals surface area contributed by atoms with Crippen molar-refractivity contribution in [3.63, 3.8) is 0 Å². The van der Waals surface area contributed by atoms with Crippen LogP contribution in [0.4, 0.5) is 4.39 Å². The maximum atomic E-state index is 13.0. The number of benzene rings is 1. The molecule has 1 aromatic carbocycles. The molecule has 3 nitrogen and oxygen atoms in total. The third-order valence-electron chi connectivity index (χ3n) is 2.83. The Balaban J connectivity index is 2.25. The summed E-state index contributed by atoms with van der Waals surface area (Å²) in [5.74, 6) is -0.584. The van der Waals surface area contributed by atoms with E-state index >= 15 is 0 Å². The molecule has 0 unspecified atom stereocenters. The fourth-order valence-electron chi connectivity index (χ4n) is 1.81. The maximum absolute atomic E-state index is 13.0. The van der Waals surface area contributed by atoms with Gasteiger partial charge in [0.05, 0.1) is 7.11 Å². The van der Waals surface area contributed by atoms with E-state index in [1.807, 2.05) is 16.8 Å². The Hall–Kier alpha value is -2.10. The van der Waals surface area contributed by atoms with Gasteiger partial charge in [-0.3, -0.25) is 0 Å². The molecule has 0 amide bonds. The molecule has 1 heterocycles. The molecule has 0 aliphatic heterocycles. The highest BCUT2D eigenvalue weighted by Crippen LogP contribution is 2.17. The van der Waals surface area contributed by atoms with Crippen molar-refractivity contribution in [1.82, 2.24) is 4.57 Å². The zero-order valence-corrected chi connectivity index (χ0v) is 10.3. The van der Waals surface area contributed by atoms with Gasteiger partial charge >= 0.3 is 5.97 Å². The predicted octanol–water partition coefficient (Wildman–Crippen LogP) is 2.90. The summed E-state index contributed by atoms with van der Waals surface area (Å²) in [6.45, 7) is 2.26. The van der Waals surface area contributed by atoms with Crippen LogP contribution >= 0.6 is 0 Å². The molecule has 94 valence electrons. The standard InChI is InChI=1S/C14H14FNO2/c1-10(14(17)18-2)5-7-16-8-6-11-9-12(15)3-4-13(11)16/h3-6,8-9H,7H2,1-2H3. The van der Waals surface area contributed by atoms with Crippen LogP contribution in [0, 0.1) is 5.82 Å². The van der Waals surface area contributed by atoms with Gasteiger partial charge in [0.25, 0.3) is 0 Å². The molecule has 0 spiro atoms. The molecule has 0 N–H and O–H groups in total. The first kappa shape index (κ1) is 12.4.